The summed E-state index contributed by atoms with van der Waals surface area (Å²) in [6.45, 7) is -0.579. The van der Waals surface area contributed by atoms with E-state index in [1.165, 1.54) is 24.3 Å². The Kier molecular flexibility index (Phi) is 4.74. The van der Waals surface area contributed by atoms with E-state index in [1.807, 2.05) is 5.32 Å². The van der Waals surface area contributed by atoms with Crippen LogP contribution in [0.25, 0.3) is 0 Å². The lowest BCUT2D eigenvalue weighted by Crippen LogP contribution is -2.32. The molecule has 0 bridgehead atoms. The van der Waals surface area contributed by atoms with Gasteiger partial charge in [0.25, 0.3) is 0 Å². The molecule has 104 valence electrons. The first kappa shape index (κ1) is 14.8. The van der Waals surface area contributed by atoms with Crippen molar-refractivity contribution in [1.29, 1.82) is 0 Å². The third-order valence-electron chi connectivity index (χ3n) is 2.10. The zero-order chi connectivity index (χ0) is 14.5. The molecule has 0 spiro atoms. The highest BCUT2D eigenvalue weighted by atomic mass is 19.4. The van der Waals surface area contributed by atoms with Gasteiger partial charge in [-0.05, 0) is 12.1 Å². The van der Waals surface area contributed by atoms with E-state index in [0.29, 0.717) is 0 Å². The number of para-hydroxylation sites is 1. The summed E-state index contributed by atoms with van der Waals surface area (Å²) in [5.74, 6) is -1.24. The lowest BCUT2D eigenvalue weighted by molar-refractivity contribution is -0.132. The summed E-state index contributed by atoms with van der Waals surface area (Å²) >= 11 is 0. The highest BCUT2D eigenvalue weighted by Gasteiger charge is 2.26. The Hall–Kier alpha value is -2.25. The highest BCUT2D eigenvalue weighted by molar-refractivity contribution is 5.99. The maximum Gasteiger partial charge on any atom is 0.390 e. The summed E-state index contributed by atoms with van der Waals surface area (Å²) in [5, 5.41) is 13.0. The first-order chi connectivity index (χ1) is 8.79. The summed E-state index contributed by atoms with van der Waals surface area (Å²) in [7, 11) is 0. The monoisotopic (exact) mass is 276 g/mol. The van der Waals surface area contributed by atoms with Gasteiger partial charge in [-0.1, -0.05) is 12.1 Å². The molecule has 0 aromatic heterocycles. The Labute approximate surface area is 106 Å². The number of carbonyl (C=O) groups is 2. The van der Waals surface area contributed by atoms with Gasteiger partial charge in [0.15, 0.2) is 0 Å². The molecule has 0 saturated heterocycles. The zero-order valence-corrected chi connectivity index (χ0v) is 9.62. The SMILES string of the molecule is O=C(NCCC(F)(F)F)Nc1ccccc1C(=O)O. The van der Waals surface area contributed by atoms with Crippen LogP contribution >= 0.6 is 0 Å². The fourth-order valence-corrected chi connectivity index (χ4v) is 1.26. The van der Waals surface area contributed by atoms with Crippen molar-refractivity contribution in [2.75, 3.05) is 11.9 Å². The maximum atomic E-state index is 11.9. The number of hydrogen-bond acceptors (Lipinski definition) is 2. The first-order valence-corrected chi connectivity index (χ1v) is 5.23. The van der Waals surface area contributed by atoms with Gasteiger partial charge >= 0.3 is 18.2 Å². The fourth-order valence-electron chi connectivity index (χ4n) is 1.26. The van der Waals surface area contributed by atoms with E-state index >= 15 is 0 Å². The molecule has 1 rings (SSSR count). The number of carboxylic acids is 1. The third-order valence-corrected chi connectivity index (χ3v) is 2.10. The van der Waals surface area contributed by atoms with Gasteiger partial charge in [-0.2, -0.15) is 13.2 Å². The van der Waals surface area contributed by atoms with Crippen LogP contribution in [0.4, 0.5) is 23.7 Å². The summed E-state index contributed by atoms with van der Waals surface area (Å²) in [6.07, 6.45) is -5.51. The average molecular weight is 276 g/mol. The normalized spacial score (nSPS) is 10.9. The van der Waals surface area contributed by atoms with Crippen LogP contribution in [0.15, 0.2) is 24.3 Å². The summed E-state index contributed by atoms with van der Waals surface area (Å²) in [6, 6.07) is 4.69. The predicted octanol–water partition coefficient (Wildman–Crippen LogP) is 2.46. The minimum atomic E-state index is -4.35. The van der Waals surface area contributed by atoms with Crippen molar-refractivity contribution in [3.63, 3.8) is 0 Å². The van der Waals surface area contributed by atoms with Gasteiger partial charge in [-0.25, -0.2) is 9.59 Å². The minimum Gasteiger partial charge on any atom is -0.478 e. The van der Waals surface area contributed by atoms with E-state index in [2.05, 4.69) is 5.32 Å². The van der Waals surface area contributed by atoms with Crippen molar-refractivity contribution in [2.45, 2.75) is 12.6 Å². The van der Waals surface area contributed by atoms with E-state index in [4.69, 9.17) is 5.11 Å². The lowest BCUT2D eigenvalue weighted by Gasteiger charge is -2.10. The Morgan fingerprint density at radius 1 is 1.21 bits per heavy atom. The van der Waals surface area contributed by atoms with E-state index in [9.17, 15) is 22.8 Å². The molecule has 19 heavy (non-hydrogen) atoms. The molecule has 1 aromatic rings. The first-order valence-electron chi connectivity index (χ1n) is 5.23. The minimum absolute atomic E-state index is 0.0134. The van der Waals surface area contributed by atoms with Crippen molar-refractivity contribution in [2.24, 2.45) is 0 Å². The number of anilines is 1. The van der Waals surface area contributed by atoms with Crippen molar-refractivity contribution < 1.29 is 27.9 Å². The molecule has 3 N–H and O–H groups in total. The molecular weight excluding hydrogens is 265 g/mol. The van der Waals surface area contributed by atoms with Gasteiger partial charge < -0.3 is 15.7 Å². The molecule has 8 heteroatoms. The van der Waals surface area contributed by atoms with Gasteiger partial charge in [0, 0.05) is 6.54 Å². The lowest BCUT2D eigenvalue weighted by atomic mass is 10.2. The van der Waals surface area contributed by atoms with Gasteiger partial charge in [0.1, 0.15) is 0 Å². The Bertz CT molecular complexity index is 474. The van der Waals surface area contributed by atoms with Gasteiger partial charge in [0.05, 0.1) is 17.7 Å². The standard InChI is InChI=1S/C11H11F3N2O3/c12-11(13,14)5-6-15-10(19)16-8-4-2-1-3-7(8)9(17)18/h1-4H,5-6H2,(H,17,18)(H2,15,16,19). The van der Waals surface area contributed by atoms with Crippen LogP contribution < -0.4 is 10.6 Å². The number of halogens is 3. The Balaban J connectivity index is 2.56. The molecule has 0 aliphatic rings. The van der Waals surface area contributed by atoms with Gasteiger partial charge in [0.2, 0.25) is 0 Å². The average Bonchev–Trinajstić information content (AvgIpc) is 2.27. The number of urea groups is 1. The molecule has 2 amide bonds. The number of carboxylic acid groups (broad SMARTS) is 1. The van der Waals surface area contributed by atoms with E-state index < -0.39 is 31.1 Å². The molecule has 5 nitrogen and oxygen atoms in total. The third kappa shape index (κ3) is 5.28. The second kappa shape index (κ2) is 6.07. The molecule has 0 atom stereocenters. The summed E-state index contributed by atoms with van der Waals surface area (Å²) in [5.41, 5.74) is -0.131. The smallest absolute Gasteiger partial charge is 0.390 e. The summed E-state index contributed by atoms with van der Waals surface area (Å²) < 4.78 is 35.6. The van der Waals surface area contributed by atoms with E-state index in [0.717, 1.165) is 0 Å². The quantitative estimate of drug-likeness (QED) is 0.790. The number of alkyl halides is 3. The largest absolute Gasteiger partial charge is 0.478 e. The zero-order valence-electron chi connectivity index (χ0n) is 9.62. The Morgan fingerprint density at radius 2 is 1.84 bits per heavy atom. The number of aromatic carboxylic acids is 1. The molecule has 0 aliphatic carbocycles. The molecule has 1 aromatic carbocycles. The fraction of sp³-hybridized carbons (Fsp3) is 0.273. The maximum absolute atomic E-state index is 11.9. The van der Waals surface area contributed by atoms with Crippen molar-refractivity contribution in [3.05, 3.63) is 29.8 Å². The molecule has 0 unspecified atom stereocenters. The van der Waals surface area contributed by atoms with Crippen LogP contribution in [0.2, 0.25) is 0 Å². The van der Waals surface area contributed by atoms with Crippen LogP contribution in [0.1, 0.15) is 16.8 Å². The molecule has 0 radical (unpaired) electrons. The van der Waals surface area contributed by atoms with Crippen LogP contribution in [0.3, 0.4) is 0 Å². The molecular formula is C11H11F3N2O3. The topological polar surface area (TPSA) is 78.4 Å². The highest BCUT2D eigenvalue weighted by Crippen LogP contribution is 2.18. The number of amides is 2. The second-order valence-electron chi connectivity index (χ2n) is 3.60. The number of hydrogen-bond donors (Lipinski definition) is 3. The number of nitrogens with one attached hydrogen (secondary N) is 2. The van der Waals surface area contributed by atoms with Crippen LogP contribution in [0, 0.1) is 0 Å². The van der Waals surface area contributed by atoms with Crippen LogP contribution in [-0.2, 0) is 0 Å². The molecule has 0 heterocycles. The van der Waals surface area contributed by atoms with Gasteiger partial charge in [-0.3, -0.25) is 0 Å². The Morgan fingerprint density at radius 3 is 2.42 bits per heavy atom. The van der Waals surface area contributed by atoms with Crippen molar-refractivity contribution in [3.8, 4) is 0 Å². The van der Waals surface area contributed by atoms with Crippen LogP contribution in [0.5, 0.6) is 0 Å². The second-order valence-corrected chi connectivity index (χ2v) is 3.60. The van der Waals surface area contributed by atoms with E-state index in [-0.39, 0.29) is 11.3 Å². The molecule has 0 aliphatic heterocycles. The summed E-state index contributed by atoms with van der Waals surface area (Å²) in [4.78, 5) is 22.1. The molecule has 0 fully saturated rings. The number of benzene rings is 1. The number of rotatable bonds is 4. The number of carbonyl (C=O) groups excluding carboxylic acids is 1. The van der Waals surface area contributed by atoms with Gasteiger partial charge in [-0.15, -0.1) is 0 Å². The van der Waals surface area contributed by atoms with Crippen molar-refractivity contribution in [1.82, 2.24) is 5.32 Å². The van der Waals surface area contributed by atoms with Crippen LogP contribution in [-0.4, -0.2) is 29.8 Å². The molecule has 0 saturated carbocycles. The van der Waals surface area contributed by atoms with Crippen molar-refractivity contribution >= 4 is 17.7 Å². The predicted molar refractivity (Wildman–Crippen MR) is 61.1 cm³/mol. The van der Waals surface area contributed by atoms with E-state index in [1.54, 1.807) is 0 Å².